The highest BCUT2D eigenvalue weighted by Gasteiger charge is 2.29. The molecule has 1 heterocycles. The third-order valence-corrected chi connectivity index (χ3v) is 3.93. The average Bonchev–Trinajstić information content (AvgIpc) is 2.87. The quantitative estimate of drug-likeness (QED) is 0.903. The number of benzene rings is 1. The second-order valence-corrected chi connectivity index (χ2v) is 6.10. The normalized spacial score (nSPS) is 18.8. The number of nitrogens with one attached hydrogen (secondary N) is 1. The molecule has 0 spiro atoms. The number of carbonyl (C=O) groups is 1. The maximum atomic E-state index is 12.3. The molecule has 1 aromatic rings. The molecule has 0 aliphatic carbocycles. The Hall–Kier alpha value is -1.06. The predicted octanol–water partition coefficient (Wildman–Crippen LogP) is 3.39. The van der Waals surface area contributed by atoms with E-state index in [9.17, 15) is 4.79 Å². The molecule has 1 aliphatic rings. The van der Waals surface area contributed by atoms with Crippen molar-refractivity contribution in [3.63, 3.8) is 0 Å². The van der Waals surface area contributed by atoms with Crippen LogP contribution in [0.2, 0.25) is 5.02 Å². The van der Waals surface area contributed by atoms with Gasteiger partial charge in [0, 0.05) is 30.6 Å². The molecule has 0 saturated carbocycles. The molecule has 110 valence electrons. The molecule has 1 aliphatic heterocycles. The van der Waals surface area contributed by atoms with E-state index in [1.807, 2.05) is 23.1 Å². The van der Waals surface area contributed by atoms with Gasteiger partial charge in [-0.2, -0.15) is 0 Å². The predicted molar refractivity (Wildman–Crippen MR) is 82.9 cm³/mol. The van der Waals surface area contributed by atoms with Crippen LogP contribution >= 0.6 is 11.6 Å². The largest absolute Gasteiger partial charge is 0.336 e. The van der Waals surface area contributed by atoms with Crippen molar-refractivity contribution in [1.29, 1.82) is 0 Å². The van der Waals surface area contributed by atoms with E-state index >= 15 is 0 Å². The number of amides is 1. The summed E-state index contributed by atoms with van der Waals surface area (Å²) in [5.41, 5.74) is 1.15. The molecule has 1 unspecified atom stereocenters. The maximum Gasteiger partial charge on any atom is 0.224 e. The minimum Gasteiger partial charge on any atom is -0.336 e. The molecule has 1 N–H and O–H groups in total. The zero-order valence-electron chi connectivity index (χ0n) is 12.2. The van der Waals surface area contributed by atoms with Crippen LogP contribution in [0.4, 0.5) is 0 Å². The maximum absolute atomic E-state index is 12.3. The lowest BCUT2D eigenvalue weighted by Crippen LogP contribution is -2.34. The molecule has 4 heteroatoms. The minimum absolute atomic E-state index is 0.195. The highest BCUT2D eigenvalue weighted by molar-refractivity contribution is 6.30. The lowest BCUT2D eigenvalue weighted by Gasteiger charge is -2.25. The fraction of sp³-hybridized carbons (Fsp3) is 0.562. The zero-order valence-corrected chi connectivity index (χ0v) is 13.0. The van der Waals surface area contributed by atoms with E-state index in [-0.39, 0.29) is 11.9 Å². The summed E-state index contributed by atoms with van der Waals surface area (Å²) in [6.07, 6.45) is 2.67. The number of hydrogen-bond donors (Lipinski definition) is 1. The van der Waals surface area contributed by atoms with Crippen molar-refractivity contribution in [3.8, 4) is 0 Å². The number of likely N-dealkylation sites (tertiary alicyclic amines) is 1. The Morgan fingerprint density at radius 1 is 1.50 bits per heavy atom. The lowest BCUT2D eigenvalue weighted by molar-refractivity contribution is -0.132. The Labute approximate surface area is 126 Å². The van der Waals surface area contributed by atoms with Gasteiger partial charge in [-0.1, -0.05) is 37.6 Å². The Morgan fingerprint density at radius 2 is 2.30 bits per heavy atom. The highest BCUT2D eigenvalue weighted by Crippen LogP contribution is 2.33. The van der Waals surface area contributed by atoms with Crippen molar-refractivity contribution in [2.24, 2.45) is 0 Å². The summed E-state index contributed by atoms with van der Waals surface area (Å²) in [6, 6.07) is 8.49. The monoisotopic (exact) mass is 294 g/mol. The molecule has 1 fully saturated rings. The van der Waals surface area contributed by atoms with Gasteiger partial charge in [0.2, 0.25) is 5.91 Å². The summed E-state index contributed by atoms with van der Waals surface area (Å²) < 4.78 is 0. The van der Waals surface area contributed by atoms with Crippen molar-refractivity contribution in [1.82, 2.24) is 10.2 Å². The third-order valence-electron chi connectivity index (χ3n) is 3.70. The van der Waals surface area contributed by atoms with Crippen molar-refractivity contribution >= 4 is 17.5 Å². The second kappa shape index (κ2) is 7.09. The van der Waals surface area contributed by atoms with Gasteiger partial charge >= 0.3 is 0 Å². The molecule has 1 atom stereocenters. The molecule has 1 aromatic carbocycles. The first-order valence-electron chi connectivity index (χ1n) is 7.36. The van der Waals surface area contributed by atoms with Crippen LogP contribution < -0.4 is 5.32 Å². The molecule has 20 heavy (non-hydrogen) atoms. The second-order valence-electron chi connectivity index (χ2n) is 5.66. The Kier molecular flexibility index (Phi) is 5.44. The summed E-state index contributed by atoms with van der Waals surface area (Å²) in [5.74, 6) is 0.237. The Bertz CT molecular complexity index is 462. The van der Waals surface area contributed by atoms with Gasteiger partial charge in [0.15, 0.2) is 0 Å². The van der Waals surface area contributed by atoms with Gasteiger partial charge in [-0.15, -0.1) is 0 Å². The molecule has 1 saturated heterocycles. The lowest BCUT2D eigenvalue weighted by atomic mass is 10.0. The van der Waals surface area contributed by atoms with E-state index in [1.54, 1.807) is 0 Å². The fourth-order valence-electron chi connectivity index (χ4n) is 2.74. The van der Waals surface area contributed by atoms with Crippen LogP contribution in [0, 0.1) is 0 Å². The average molecular weight is 295 g/mol. The van der Waals surface area contributed by atoms with Crippen LogP contribution in [-0.4, -0.2) is 29.9 Å². The fourth-order valence-corrected chi connectivity index (χ4v) is 2.94. The molecule has 2 rings (SSSR count). The first kappa shape index (κ1) is 15.3. The molecular weight excluding hydrogens is 272 g/mol. The van der Waals surface area contributed by atoms with E-state index in [0.717, 1.165) is 36.5 Å². The smallest absolute Gasteiger partial charge is 0.224 e. The standard InChI is InChI=1S/C16H23ClN2O/c1-12(2)18-9-8-16(20)19-10-4-7-15(19)13-5-3-6-14(17)11-13/h3,5-6,11-12,15,18H,4,7-10H2,1-2H3. The molecule has 0 aromatic heterocycles. The topological polar surface area (TPSA) is 32.3 Å². The number of carbonyl (C=O) groups excluding carboxylic acids is 1. The molecule has 0 radical (unpaired) electrons. The van der Waals surface area contributed by atoms with E-state index in [1.165, 1.54) is 0 Å². The van der Waals surface area contributed by atoms with Gasteiger partial charge in [-0.3, -0.25) is 4.79 Å². The van der Waals surface area contributed by atoms with Crippen LogP contribution in [0.15, 0.2) is 24.3 Å². The van der Waals surface area contributed by atoms with Crippen LogP contribution in [0.5, 0.6) is 0 Å². The first-order valence-corrected chi connectivity index (χ1v) is 7.74. The number of hydrogen-bond acceptors (Lipinski definition) is 2. The van der Waals surface area contributed by atoms with Crippen molar-refractivity contribution in [3.05, 3.63) is 34.9 Å². The summed E-state index contributed by atoms with van der Waals surface area (Å²) in [4.78, 5) is 14.4. The zero-order chi connectivity index (χ0) is 14.5. The van der Waals surface area contributed by atoms with Gasteiger partial charge < -0.3 is 10.2 Å². The minimum atomic E-state index is 0.195. The van der Waals surface area contributed by atoms with E-state index < -0.39 is 0 Å². The van der Waals surface area contributed by atoms with Crippen molar-refractivity contribution < 1.29 is 4.79 Å². The van der Waals surface area contributed by atoms with Crippen LogP contribution in [0.25, 0.3) is 0 Å². The SMILES string of the molecule is CC(C)NCCC(=O)N1CCCC1c1cccc(Cl)c1. The van der Waals surface area contributed by atoms with E-state index in [2.05, 4.69) is 25.2 Å². The van der Waals surface area contributed by atoms with Crippen LogP contribution in [0.1, 0.15) is 44.7 Å². The van der Waals surface area contributed by atoms with Crippen LogP contribution in [-0.2, 0) is 4.79 Å². The molecule has 3 nitrogen and oxygen atoms in total. The van der Waals surface area contributed by atoms with E-state index in [4.69, 9.17) is 11.6 Å². The van der Waals surface area contributed by atoms with Gasteiger partial charge in [0.25, 0.3) is 0 Å². The third kappa shape index (κ3) is 3.97. The Morgan fingerprint density at radius 3 is 3.00 bits per heavy atom. The first-order chi connectivity index (χ1) is 9.58. The summed E-state index contributed by atoms with van der Waals surface area (Å²) in [6.45, 7) is 5.79. The van der Waals surface area contributed by atoms with Crippen molar-refractivity contribution in [2.45, 2.75) is 45.2 Å². The van der Waals surface area contributed by atoms with Gasteiger partial charge in [0.1, 0.15) is 0 Å². The molecule has 0 bridgehead atoms. The van der Waals surface area contributed by atoms with Gasteiger partial charge in [-0.05, 0) is 30.5 Å². The van der Waals surface area contributed by atoms with E-state index in [0.29, 0.717) is 12.5 Å². The number of rotatable bonds is 5. The summed E-state index contributed by atoms with van der Waals surface area (Å²) >= 11 is 6.06. The number of nitrogens with zero attached hydrogens (tertiary/aromatic N) is 1. The van der Waals surface area contributed by atoms with Crippen LogP contribution in [0.3, 0.4) is 0 Å². The van der Waals surface area contributed by atoms with Gasteiger partial charge in [0.05, 0.1) is 6.04 Å². The Balaban J connectivity index is 1.98. The molecular formula is C16H23ClN2O. The van der Waals surface area contributed by atoms with Crippen molar-refractivity contribution in [2.75, 3.05) is 13.1 Å². The van der Waals surface area contributed by atoms with Gasteiger partial charge in [-0.25, -0.2) is 0 Å². The summed E-state index contributed by atoms with van der Waals surface area (Å²) in [5, 5.41) is 4.03. The highest BCUT2D eigenvalue weighted by atomic mass is 35.5. The number of halogens is 1. The summed E-state index contributed by atoms with van der Waals surface area (Å²) in [7, 11) is 0. The molecule has 1 amide bonds.